The molecule has 0 saturated heterocycles. The van der Waals surface area contributed by atoms with Crippen LogP contribution in [-0.4, -0.2) is 16.7 Å². The summed E-state index contributed by atoms with van der Waals surface area (Å²) in [6.07, 6.45) is 10.7. The summed E-state index contributed by atoms with van der Waals surface area (Å²) in [5, 5.41) is 10.2. The summed E-state index contributed by atoms with van der Waals surface area (Å²) in [4.78, 5) is 4.11. The predicted octanol–water partition coefficient (Wildman–Crippen LogP) is 3.40. The molecule has 1 heterocycles. The number of aliphatic hydroxyl groups is 1. The highest BCUT2D eigenvalue weighted by atomic mass is 16.5. The number of hydrogen-bond donors (Lipinski definition) is 1. The van der Waals surface area contributed by atoms with E-state index < -0.39 is 6.10 Å². The van der Waals surface area contributed by atoms with Crippen molar-refractivity contribution >= 4 is 0 Å². The first-order valence-corrected chi connectivity index (χ1v) is 6.73. The summed E-state index contributed by atoms with van der Waals surface area (Å²) in [7, 11) is 0. The third kappa shape index (κ3) is 3.57. The van der Waals surface area contributed by atoms with Crippen LogP contribution in [0, 0.1) is 0 Å². The van der Waals surface area contributed by atoms with E-state index in [1.54, 1.807) is 12.4 Å². The third-order valence-electron chi connectivity index (χ3n) is 3.27. The highest BCUT2D eigenvalue weighted by molar-refractivity contribution is 5.26. The van der Waals surface area contributed by atoms with Crippen molar-refractivity contribution in [1.82, 2.24) is 4.98 Å². The van der Waals surface area contributed by atoms with Crippen LogP contribution in [0.15, 0.2) is 30.1 Å². The fourth-order valence-electron chi connectivity index (χ4n) is 2.32. The molecule has 0 bridgehead atoms. The summed E-state index contributed by atoms with van der Waals surface area (Å²) in [5.41, 5.74) is 2.21. The van der Waals surface area contributed by atoms with Crippen molar-refractivity contribution in [2.45, 2.75) is 45.1 Å². The van der Waals surface area contributed by atoms with E-state index in [9.17, 15) is 5.11 Å². The van der Waals surface area contributed by atoms with E-state index in [0.29, 0.717) is 6.61 Å². The average molecular weight is 247 g/mol. The van der Waals surface area contributed by atoms with Gasteiger partial charge in [-0.3, -0.25) is 4.98 Å². The maximum absolute atomic E-state index is 10.2. The number of rotatable bonds is 5. The fourth-order valence-corrected chi connectivity index (χ4v) is 2.32. The van der Waals surface area contributed by atoms with Gasteiger partial charge in [-0.05, 0) is 45.1 Å². The molecule has 1 aliphatic carbocycles. The lowest BCUT2D eigenvalue weighted by Gasteiger charge is -2.17. The van der Waals surface area contributed by atoms with Crippen LogP contribution >= 0.6 is 0 Å². The van der Waals surface area contributed by atoms with Crippen molar-refractivity contribution in [3.8, 4) is 5.75 Å². The lowest BCUT2D eigenvalue weighted by Crippen LogP contribution is -2.03. The molecule has 1 aliphatic rings. The van der Waals surface area contributed by atoms with E-state index >= 15 is 0 Å². The first kappa shape index (κ1) is 13.1. The molecule has 1 aromatic heterocycles. The standard InChI is InChI=1S/C15H21NO2/c1-2-18-14-9-13(10-16-11-14)15(17)8-12-6-4-3-5-7-12/h6,9-11,15,17H,2-5,7-8H2,1H3. The molecule has 0 aromatic carbocycles. The van der Waals surface area contributed by atoms with Crippen LogP contribution in [-0.2, 0) is 0 Å². The number of ether oxygens (including phenoxy) is 1. The van der Waals surface area contributed by atoms with Crippen LogP contribution in [0.2, 0.25) is 0 Å². The first-order valence-electron chi connectivity index (χ1n) is 6.73. The highest BCUT2D eigenvalue weighted by Crippen LogP contribution is 2.28. The Kier molecular flexibility index (Phi) is 4.76. The number of pyridine rings is 1. The zero-order valence-electron chi connectivity index (χ0n) is 10.9. The van der Waals surface area contributed by atoms with Gasteiger partial charge in [0.15, 0.2) is 0 Å². The molecular formula is C15H21NO2. The van der Waals surface area contributed by atoms with Gasteiger partial charge in [-0.25, -0.2) is 0 Å². The number of nitrogens with zero attached hydrogens (tertiary/aromatic N) is 1. The zero-order valence-corrected chi connectivity index (χ0v) is 10.9. The number of allylic oxidation sites excluding steroid dienone is 1. The Morgan fingerprint density at radius 1 is 1.39 bits per heavy atom. The van der Waals surface area contributed by atoms with E-state index in [-0.39, 0.29) is 0 Å². The van der Waals surface area contributed by atoms with E-state index in [1.807, 2.05) is 13.0 Å². The van der Waals surface area contributed by atoms with Gasteiger partial charge in [0.1, 0.15) is 5.75 Å². The molecule has 2 rings (SSSR count). The average Bonchev–Trinajstić information content (AvgIpc) is 2.40. The molecule has 98 valence electrons. The molecular weight excluding hydrogens is 226 g/mol. The third-order valence-corrected chi connectivity index (χ3v) is 3.27. The summed E-state index contributed by atoms with van der Waals surface area (Å²) in [6.45, 7) is 2.56. The minimum absolute atomic E-state index is 0.470. The quantitative estimate of drug-likeness (QED) is 0.811. The summed E-state index contributed by atoms with van der Waals surface area (Å²) in [6, 6.07) is 1.88. The van der Waals surface area contributed by atoms with Gasteiger partial charge in [0.25, 0.3) is 0 Å². The van der Waals surface area contributed by atoms with E-state index in [2.05, 4.69) is 11.1 Å². The minimum Gasteiger partial charge on any atom is -0.492 e. The van der Waals surface area contributed by atoms with Crippen molar-refractivity contribution in [3.05, 3.63) is 35.7 Å². The Bertz CT molecular complexity index is 415. The van der Waals surface area contributed by atoms with E-state index in [1.165, 1.54) is 18.4 Å². The van der Waals surface area contributed by atoms with Crippen molar-refractivity contribution in [2.75, 3.05) is 6.61 Å². The van der Waals surface area contributed by atoms with Gasteiger partial charge in [-0.1, -0.05) is 11.6 Å². The van der Waals surface area contributed by atoms with Gasteiger partial charge >= 0.3 is 0 Å². The summed E-state index contributed by atoms with van der Waals surface area (Å²) >= 11 is 0. The number of aliphatic hydroxyl groups excluding tert-OH is 1. The minimum atomic E-state index is -0.470. The van der Waals surface area contributed by atoms with Gasteiger partial charge in [0.05, 0.1) is 18.9 Å². The van der Waals surface area contributed by atoms with Gasteiger partial charge in [0, 0.05) is 11.8 Å². The van der Waals surface area contributed by atoms with Crippen molar-refractivity contribution in [3.63, 3.8) is 0 Å². The normalized spacial score (nSPS) is 17.1. The van der Waals surface area contributed by atoms with Gasteiger partial charge < -0.3 is 9.84 Å². The summed E-state index contributed by atoms with van der Waals surface area (Å²) < 4.78 is 5.40. The largest absolute Gasteiger partial charge is 0.492 e. The van der Waals surface area contributed by atoms with Gasteiger partial charge in [0.2, 0.25) is 0 Å². The van der Waals surface area contributed by atoms with Crippen LogP contribution in [0.5, 0.6) is 5.75 Å². The molecule has 0 fully saturated rings. The second kappa shape index (κ2) is 6.55. The van der Waals surface area contributed by atoms with E-state index in [0.717, 1.165) is 30.6 Å². The lowest BCUT2D eigenvalue weighted by molar-refractivity contribution is 0.175. The molecule has 1 aromatic rings. The molecule has 1 atom stereocenters. The monoisotopic (exact) mass is 247 g/mol. The molecule has 1 unspecified atom stereocenters. The molecule has 0 radical (unpaired) electrons. The van der Waals surface area contributed by atoms with Crippen LogP contribution < -0.4 is 4.74 Å². The topological polar surface area (TPSA) is 42.4 Å². The zero-order chi connectivity index (χ0) is 12.8. The fraction of sp³-hybridized carbons (Fsp3) is 0.533. The number of hydrogen-bond acceptors (Lipinski definition) is 3. The Labute approximate surface area is 109 Å². The van der Waals surface area contributed by atoms with Crippen molar-refractivity contribution < 1.29 is 9.84 Å². The maximum Gasteiger partial charge on any atom is 0.137 e. The van der Waals surface area contributed by atoms with E-state index in [4.69, 9.17) is 4.74 Å². The molecule has 3 heteroatoms. The molecule has 0 spiro atoms. The molecule has 0 aliphatic heterocycles. The van der Waals surface area contributed by atoms with Gasteiger partial charge in [-0.2, -0.15) is 0 Å². The van der Waals surface area contributed by atoms with Crippen LogP contribution in [0.25, 0.3) is 0 Å². The molecule has 0 amide bonds. The second-order valence-corrected chi connectivity index (χ2v) is 4.72. The predicted molar refractivity (Wildman–Crippen MR) is 71.5 cm³/mol. The highest BCUT2D eigenvalue weighted by Gasteiger charge is 2.13. The SMILES string of the molecule is CCOc1cncc(C(O)CC2=CCCCC2)c1. The van der Waals surface area contributed by atoms with Gasteiger partial charge in [-0.15, -0.1) is 0 Å². The Balaban J connectivity index is 2.01. The van der Waals surface area contributed by atoms with Crippen LogP contribution in [0.3, 0.4) is 0 Å². The smallest absolute Gasteiger partial charge is 0.137 e. The Hall–Kier alpha value is -1.35. The maximum atomic E-state index is 10.2. The number of aromatic nitrogens is 1. The van der Waals surface area contributed by atoms with Crippen molar-refractivity contribution in [2.24, 2.45) is 0 Å². The lowest BCUT2D eigenvalue weighted by atomic mass is 9.93. The molecule has 1 N–H and O–H groups in total. The Morgan fingerprint density at radius 3 is 3.00 bits per heavy atom. The van der Waals surface area contributed by atoms with Crippen LogP contribution in [0.1, 0.15) is 50.7 Å². The molecule has 18 heavy (non-hydrogen) atoms. The van der Waals surface area contributed by atoms with Crippen molar-refractivity contribution in [1.29, 1.82) is 0 Å². The molecule has 3 nitrogen and oxygen atoms in total. The van der Waals surface area contributed by atoms with Crippen LogP contribution in [0.4, 0.5) is 0 Å². The molecule has 0 saturated carbocycles. The summed E-state index contributed by atoms with van der Waals surface area (Å²) in [5.74, 6) is 0.728. The second-order valence-electron chi connectivity index (χ2n) is 4.72. The first-order chi connectivity index (χ1) is 8.79. The Morgan fingerprint density at radius 2 is 2.28 bits per heavy atom.